The Morgan fingerprint density at radius 2 is 1.05 bits per heavy atom. The van der Waals surface area contributed by atoms with Gasteiger partial charge in [0.15, 0.2) is 0 Å². The van der Waals surface area contributed by atoms with Crippen LogP contribution in [0.2, 0.25) is 0 Å². The summed E-state index contributed by atoms with van der Waals surface area (Å²) >= 11 is 0. The van der Waals surface area contributed by atoms with E-state index in [0.29, 0.717) is 0 Å². The summed E-state index contributed by atoms with van der Waals surface area (Å²) in [6, 6.07) is 0. The van der Waals surface area contributed by atoms with Gasteiger partial charge in [0.2, 0.25) is 0 Å². The van der Waals surface area contributed by atoms with Crippen molar-refractivity contribution in [1.82, 2.24) is 0 Å². The molecule has 116 valence electrons. The fraction of sp³-hybridized carbons (Fsp3) is 0.800. The van der Waals surface area contributed by atoms with Gasteiger partial charge < -0.3 is 0 Å². The van der Waals surface area contributed by atoms with Gasteiger partial charge in [0, 0.05) is 0 Å². The molecule has 0 amide bonds. The molecule has 0 aromatic heterocycles. The van der Waals surface area contributed by atoms with Crippen LogP contribution in [0.4, 0.5) is 0 Å². The summed E-state index contributed by atoms with van der Waals surface area (Å²) in [6.45, 7) is 4.56. The van der Waals surface area contributed by atoms with Gasteiger partial charge in [-0.2, -0.15) is 0 Å². The maximum absolute atomic E-state index is 2.51. The highest BCUT2D eigenvalue weighted by molar-refractivity contribution is 4.96. The van der Waals surface area contributed by atoms with E-state index in [2.05, 4.69) is 38.2 Å². The molecule has 20 heavy (non-hydrogen) atoms. The molecule has 1 saturated carbocycles. The highest BCUT2D eigenvalue weighted by Gasteiger charge is 2.16. The van der Waals surface area contributed by atoms with Crippen molar-refractivity contribution in [1.29, 1.82) is 0 Å². The van der Waals surface area contributed by atoms with Crippen molar-refractivity contribution in [3.63, 3.8) is 0 Å². The van der Waals surface area contributed by atoms with Crippen molar-refractivity contribution >= 4 is 0 Å². The van der Waals surface area contributed by atoms with Crippen LogP contribution in [0.5, 0.6) is 0 Å². The molecule has 0 nitrogen and oxygen atoms in total. The molecule has 0 heterocycles. The maximum atomic E-state index is 2.51. The monoisotopic (exact) mass is 276 g/mol. The van der Waals surface area contributed by atoms with Crippen LogP contribution in [-0.2, 0) is 0 Å². The number of rotatable bonds is 10. The Morgan fingerprint density at radius 1 is 0.650 bits per heavy atom. The van der Waals surface area contributed by atoms with Crippen LogP contribution in [-0.4, -0.2) is 0 Å². The second-order valence-corrected chi connectivity index (χ2v) is 6.52. The van der Waals surface area contributed by atoms with Crippen LogP contribution >= 0.6 is 0 Å². The van der Waals surface area contributed by atoms with Gasteiger partial charge in [-0.3, -0.25) is 0 Å². The van der Waals surface area contributed by atoms with E-state index in [1.54, 1.807) is 0 Å². The van der Waals surface area contributed by atoms with Crippen LogP contribution in [0.15, 0.2) is 24.3 Å². The van der Waals surface area contributed by atoms with Crippen LogP contribution in [0.25, 0.3) is 0 Å². The minimum atomic E-state index is 0.876. The molecule has 0 N–H and O–H groups in total. The average molecular weight is 277 g/mol. The first-order chi connectivity index (χ1) is 9.86. The molecule has 0 aromatic carbocycles. The van der Waals surface area contributed by atoms with Crippen molar-refractivity contribution < 1.29 is 0 Å². The second-order valence-electron chi connectivity index (χ2n) is 6.52. The van der Waals surface area contributed by atoms with Gasteiger partial charge in [0.25, 0.3) is 0 Å². The van der Waals surface area contributed by atoms with Gasteiger partial charge in [0.1, 0.15) is 0 Å². The molecule has 1 fully saturated rings. The topological polar surface area (TPSA) is 0 Å². The normalized spacial score (nSPS) is 23.9. The smallest absolute Gasteiger partial charge is 0.0233 e. The molecule has 0 aromatic rings. The van der Waals surface area contributed by atoms with E-state index in [1.165, 1.54) is 77.0 Å². The third-order valence-corrected chi connectivity index (χ3v) is 4.58. The molecule has 0 bridgehead atoms. The summed E-state index contributed by atoms with van der Waals surface area (Å²) in [4.78, 5) is 0. The Hall–Kier alpha value is -0.520. The number of hydrogen-bond acceptors (Lipinski definition) is 0. The molecule has 0 aliphatic heterocycles. The molecule has 1 rings (SSSR count). The van der Waals surface area contributed by atoms with Crippen LogP contribution in [0.1, 0.15) is 90.9 Å². The lowest BCUT2D eigenvalue weighted by Crippen LogP contribution is -2.11. The quantitative estimate of drug-likeness (QED) is 0.296. The largest absolute Gasteiger partial charge is 0.0883 e. The molecule has 0 heteroatoms. The van der Waals surface area contributed by atoms with Gasteiger partial charge in [-0.1, -0.05) is 63.8 Å². The summed E-state index contributed by atoms with van der Waals surface area (Å²) in [5, 5.41) is 0. The Bertz CT molecular complexity index is 225. The zero-order chi connectivity index (χ0) is 14.5. The lowest BCUT2D eigenvalue weighted by Gasteiger charge is -2.24. The lowest BCUT2D eigenvalue weighted by molar-refractivity contribution is 0.355. The van der Waals surface area contributed by atoms with Crippen LogP contribution in [0, 0.1) is 11.8 Å². The molecule has 0 unspecified atom stereocenters. The molecule has 1 aliphatic rings. The summed E-state index contributed by atoms with van der Waals surface area (Å²) < 4.78 is 0. The van der Waals surface area contributed by atoms with Crippen LogP contribution in [0.3, 0.4) is 0 Å². The lowest BCUT2D eigenvalue weighted by atomic mass is 9.81. The average Bonchev–Trinajstić information content (AvgIpc) is 2.48. The minimum Gasteiger partial charge on any atom is -0.0883 e. The van der Waals surface area contributed by atoms with Crippen molar-refractivity contribution in [3.05, 3.63) is 24.3 Å². The number of unbranched alkanes of at least 4 members (excludes halogenated alkanes) is 6. The predicted molar refractivity (Wildman–Crippen MR) is 92.0 cm³/mol. The Morgan fingerprint density at radius 3 is 1.40 bits per heavy atom. The van der Waals surface area contributed by atoms with Crippen molar-refractivity contribution in [2.24, 2.45) is 11.8 Å². The Labute approximate surface area is 127 Å². The standard InChI is InChI=1S/C20H36/c1-3-5-7-9-11-13-19-15-17-20(18-16-19)14-12-10-8-6-4-2/h11-14,19-20H,3-10,15-18H2,1-2H3. The summed E-state index contributed by atoms with van der Waals surface area (Å²) in [5.41, 5.74) is 0. The van der Waals surface area contributed by atoms with E-state index in [1.807, 2.05) is 0 Å². The molecule has 0 radical (unpaired) electrons. The fourth-order valence-corrected chi connectivity index (χ4v) is 3.13. The van der Waals surface area contributed by atoms with Gasteiger partial charge in [-0.25, -0.2) is 0 Å². The van der Waals surface area contributed by atoms with Gasteiger partial charge >= 0.3 is 0 Å². The summed E-state index contributed by atoms with van der Waals surface area (Å²) in [5.74, 6) is 1.75. The number of hydrogen-bond donors (Lipinski definition) is 0. The molecule has 0 spiro atoms. The van der Waals surface area contributed by atoms with Gasteiger partial charge in [-0.15, -0.1) is 0 Å². The van der Waals surface area contributed by atoms with E-state index in [-0.39, 0.29) is 0 Å². The molecule has 0 atom stereocenters. The maximum Gasteiger partial charge on any atom is -0.0233 e. The molecule has 1 aliphatic carbocycles. The van der Waals surface area contributed by atoms with E-state index in [9.17, 15) is 0 Å². The van der Waals surface area contributed by atoms with Gasteiger partial charge in [0.05, 0.1) is 0 Å². The van der Waals surface area contributed by atoms with Crippen molar-refractivity contribution in [2.75, 3.05) is 0 Å². The van der Waals surface area contributed by atoms with E-state index in [4.69, 9.17) is 0 Å². The molecular formula is C20H36. The van der Waals surface area contributed by atoms with Crippen LogP contribution < -0.4 is 0 Å². The minimum absolute atomic E-state index is 0.876. The van der Waals surface area contributed by atoms with E-state index < -0.39 is 0 Å². The first-order valence-electron chi connectivity index (χ1n) is 9.20. The van der Waals surface area contributed by atoms with Crippen molar-refractivity contribution in [2.45, 2.75) is 90.9 Å². The summed E-state index contributed by atoms with van der Waals surface area (Å²) in [6.07, 6.45) is 26.4. The Kier molecular flexibility index (Phi) is 10.7. The van der Waals surface area contributed by atoms with E-state index >= 15 is 0 Å². The highest BCUT2D eigenvalue weighted by Crippen LogP contribution is 2.30. The second kappa shape index (κ2) is 12.2. The third-order valence-electron chi connectivity index (χ3n) is 4.58. The van der Waals surface area contributed by atoms with Crippen molar-refractivity contribution in [3.8, 4) is 0 Å². The van der Waals surface area contributed by atoms with Gasteiger partial charge in [-0.05, 0) is 63.2 Å². The first kappa shape index (κ1) is 17.5. The first-order valence-corrected chi connectivity index (χ1v) is 9.20. The molecule has 0 saturated heterocycles. The zero-order valence-corrected chi connectivity index (χ0v) is 13.9. The zero-order valence-electron chi connectivity index (χ0n) is 13.9. The predicted octanol–water partition coefficient (Wildman–Crippen LogP) is 7.07. The molecular weight excluding hydrogens is 240 g/mol. The number of allylic oxidation sites excluding steroid dienone is 4. The SMILES string of the molecule is CCCCCC=CC1CCC(C=CCCCCC)CC1. The Balaban J connectivity index is 2.07. The fourth-order valence-electron chi connectivity index (χ4n) is 3.13. The summed E-state index contributed by atoms with van der Waals surface area (Å²) in [7, 11) is 0. The van der Waals surface area contributed by atoms with E-state index in [0.717, 1.165) is 11.8 Å². The third kappa shape index (κ3) is 8.61. The highest BCUT2D eigenvalue weighted by atomic mass is 14.2.